The number of hydrogen-bond donors (Lipinski definition) is 5. The largest absolute Gasteiger partial charge is 1.00 e. The first-order valence-electron chi connectivity index (χ1n) is 44.5. The molecular formula is C100H115BrF9LiN10O25. The zero-order valence-corrected chi connectivity index (χ0v) is 83.6. The third-order valence-corrected chi connectivity index (χ3v) is 20.6. The average molecular weight is 2110 g/mol. The molecule has 3 aromatic heterocycles. The number of esters is 2. The van der Waals surface area contributed by atoms with Crippen molar-refractivity contribution in [1.29, 1.82) is 0 Å². The molecule has 0 saturated carbocycles. The summed E-state index contributed by atoms with van der Waals surface area (Å²) in [5.41, 5.74) is 19.7. The number of nitrogens with two attached hydrogens (primary N) is 3. The second-order valence-electron chi connectivity index (χ2n) is 31.1. The topological polar surface area (TPSA) is 472 Å². The number of carbonyl (C=O) groups is 4. The number of phenolic OH excluding ortho intramolecular Hbond substituents is 1. The van der Waals surface area contributed by atoms with Crippen LogP contribution in [0.25, 0.3) is 0 Å². The van der Waals surface area contributed by atoms with Crippen LogP contribution in [-0.2, 0) is 82.3 Å². The number of aromatic nitrogens is 6. The molecule has 12 rings (SSSR count). The first kappa shape index (κ1) is 123. The Morgan fingerprint density at radius 1 is 0.432 bits per heavy atom. The Morgan fingerprint density at radius 2 is 0.781 bits per heavy atom. The number of aryl methyl sites for hydroxylation is 2. The molecule has 0 atom stereocenters. The second kappa shape index (κ2) is 62.0. The standard InChI is InChI=1S/C25H26F3N3O6.C25H24F3N3O5.C13H16N4O3.C13H18O3.C11H14O3.C7H5F3O2.C6H11BrO2.Li.H2O/c1-30-22(29)21(23(33)31(24(30)34)15-16-8-10-18(35-2)11-9-16)13-17(32)5-4-12-36-19-6-3-7-20(14-19)37-25(26,27)28;1-30-22-21(23(32)31(24(30)33)15-16-8-10-18(34-2)11-9-16)13-17(29-22)5-4-12-35-19-6-3-7-20(14-19)36-25(26,27)28;1-16-11(15)10(14)12(18)17(13(16)19)7-8-3-5-9(20-2)6-4-8;1-3-15-13(14)8-5-9-16-12-7-4-6-11(2)10-12;1-9-4-2-5-10(8-9)14-7-3-6-11(12)13;8-7(9,10)12-6-3-1-2-5(11)4-6;1-2-9-6(8)4-3-5-7;;/h3,6-11,14H,4-5,12-13,15,29H2,1-2H3;3,6-11,14H,4-5,12-13,15H2,1-2H3;3-6H,7,14-15H2,1-2H3;4,6-7,10H,3,5,8-9H2,1-2H3;2,4-5,8H,3,6-7H2,1H3,(H,12,13);1-4,11H;2-5H2,1H3;;1H2/q;;;;;;;+1;/p-1. The number of alkyl halides is 10. The molecule has 1 aliphatic rings. The number of Topliss-reactive ketones (excluding diaryl/α,β-unsaturated/α-hetero) is 1. The number of anilines is 3. The zero-order valence-electron chi connectivity index (χ0n) is 82.0. The molecule has 9 N–H and O–H groups in total. The number of nitrogen functional groups attached to an aromatic ring is 3. The second-order valence-corrected chi connectivity index (χ2v) is 31.9. The first-order chi connectivity index (χ1) is 68.3. The number of fused-ring (bicyclic) bond motifs is 1. The Hall–Kier alpha value is -14.8. The van der Waals surface area contributed by atoms with E-state index >= 15 is 0 Å². The van der Waals surface area contributed by atoms with E-state index in [0.29, 0.717) is 106 Å². The number of carbonyl (C=O) groups excluding carboxylic acids is 3. The Balaban J connectivity index is 0.000000374. The number of carboxylic acids is 1. The van der Waals surface area contributed by atoms with Crippen molar-refractivity contribution in [1.82, 2.24) is 27.4 Å². The first-order valence-corrected chi connectivity index (χ1v) is 45.6. The third kappa shape index (κ3) is 43.8. The zero-order chi connectivity index (χ0) is 106. The summed E-state index contributed by atoms with van der Waals surface area (Å²) in [5, 5.41) is 18.0. The van der Waals surface area contributed by atoms with Crippen LogP contribution in [0.4, 0.5) is 62.7 Å². The van der Waals surface area contributed by atoms with E-state index in [9.17, 15) is 87.5 Å². The van der Waals surface area contributed by atoms with Crippen LogP contribution in [0.2, 0.25) is 0 Å². The number of ketones is 1. The fourth-order valence-corrected chi connectivity index (χ4v) is 13.2. The van der Waals surface area contributed by atoms with Gasteiger partial charge in [0, 0.05) is 88.9 Å². The quantitative estimate of drug-likeness (QED) is 0.00785. The summed E-state index contributed by atoms with van der Waals surface area (Å²) in [6, 6.07) is 51.4. The number of rotatable bonds is 39. The van der Waals surface area contributed by atoms with Crippen molar-refractivity contribution in [2.75, 3.05) is 83.5 Å². The summed E-state index contributed by atoms with van der Waals surface area (Å²) >= 11 is 3.22. The normalized spacial score (nSPS) is 10.9. The molecule has 8 aromatic carbocycles. The molecule has 0 unspecified atom stereocenters. The van der Waals surface area contributed by atoms with E-state index in [-0.39, 0.29) is 152 Å². The van der Waals surface area contributed by atoms with Gasteiger partial charge in [0.05, 0.1) is 91.7 Å². The van der Waals surface area contributed by atoms with Crippen molar-refractivity contribution in [2.24, 2.45) is 26.1 Å². The number of benzene rings is 8. The number of nitrogens with zero attached hydrogens (tertiary/aromatic N) is 7. The maximum atomic E-state index is 13.1. The number of ether oxygens (including phenoxy) is 12. The molecule has 11 aromatic rings. The molecule has 0 radical (unpaired) electrons. The molecule has 46 heteroatoms. The van der Waals surface area contributed by atoms with Gasteiger partial charge in [-0.05, 0) is 191 Å². The van der Waals surface area contributed by atoms with Crippen LogP contribution < -0.4 is 117 Å². The van der Waals surface area contributed by atoms with Crippen molar-refractivity contribution >= 4 is 68.5 Å². The van der Waals surface area contributed by atoms with Crippen LogP contribution in [0, 0.1) is 13.8 Å². The average Bonchev–Trinajstić information content (AvgIpc) is 1.66. The van der Waals surface area contributed by atoms with Crippen molar-refractivity contribution in [3.05, 3.63) is 296 Å². The van der Waals surface area contributed by atoms with Crippen LogP contribution >= 0.6 is 15.9 Å². The van der Waals surface area contributed by atoms with E-state index in [0.717, 1.165) is 94.3 Å². The van der Waals surface area contributed by atoms with Crippen molar-refractivity contribution in [2.45, 2.75) is 143 Å². The maximum Gasteiger partial charge on any atom is 1.00 e. The van der Waals surface area contributed by atoms with Gasteiger partial charge in [0.2, 0.25) is 0 Å². The Morgan fingerprint density at radius 3 is 1.17 bits per heavy atom. The van der Waals surface area contributed by atoms with Crippen LogP contribution in [0.5, 0.6) is 63.2 Å². The van der Waals surface area contributed by atoms with Gasteiger partial charge in [-0.3, -0.25) is 61.0 Å². The summed E-state index contributed by atoms with van der Waals surface area (Å²) in [7, 11) is 9.12. The van der Waals surface area contributed by atoms with E-state index in [1.54, 1.807) is 101 Å². The number of aliphatic imine (C=N–C) groups is 1. The maximum absolute atomic E-state index is 13.1. The summed E-state index contributed by atoms with van der Waals surface area (Å²) in [5.74, 6) is 1.47. The molecule has 0 spiro atoms. The van der Waals surface area contributed by atoms with Gasteiger partial charge in [0.15, 0.2) is 0 Å². The van der Waals surface area contributed by atoms with Gasteiger partial charge in [-0.2, -0.15) is 0 Å². The van der Waals surface area contributed by atoms with Gasteiger partial charge in [0.25, 0.3) is 16.7 Å². The number of halogens is 10. The summed E-state index contributed by atoms with van der Waals surface area (Å²) < 4.78 is 174. The van der Waals surface area contributed by atoms with Gasteiger partial charge in [0.1, 0.15) is 92.2 Å². The molecule has 786 valence electrons. The van der Waals surface area contributed by atoms with Gasteiger partial charge >= 0.3 is 72.9 Å². The van der Waals surface area contributed by atoms with Crippen molar-refractivity contribution < 1.29 is 150 Å². The molecule has 146 heavy (non-hydrogen) atoms. The minimum atomic E-state index is -4.82. The summed E-state index contributed by atoms with van der Waals surface area (Å²) in [6.07, 6.45) is -9.79. The van der Waals surface area contributed by atoms with Crippen molar-refractivity contribution in [3.8, 4) is 63.2 Å². The van der Waals surface area contributed by atoms with Crippen molar-refractivity contribution in [3.63, 3.8) is 0 Å². The smallest absolute Gasteiger partial charge is 0.870 e. The van der Waals surface area contributed by atoms with E-state index in [2.05, 4.69) is 39.9 Å². The number of methoxy groups -OCH3 is 3. The van der Waals surface area contributed by atoms with E-state index < -0.39 is 64.7 Å². The molecule has 4 heterocycles. The number of hydrogen-bond acceptors (Lipinski definition) is 28. The minimum absolute atomic E-state index is 0. The molecule has 0 saturated heterocycles. The van der Waals surface area contributed by atoms with Gasteiger partial charge in [-0.1, -0.05) is 94.8 Å². The Labute approximate surface area is 853 Å². The monoisotopic (exact) mass is 2110 g/mol. The fraction of sp³-hybridized carbons (Fsp3) is 0.350. The third-order valence-electron chi connectivity index (χ3n) is 20.0. The molecule has 0 bridgehead atoms. The molecule has 1 aliphatic heterocycles. The van der Waals surface area contributed by atoms with Crippen LogP contribution in [0.15, 0.2) is 228 Å². The van der Waals surface area contributed by atoms with E-state index in [1.807, 2.05) is 69.3 Å². The van der Waals surface area contributed by atoms with Gasteiger partial charge in [-0.25, -0.2) is 19.4 Å². The van der Waals surface area contributed by atoms with Gasteiger partial charge < -0.3 is 89.7 Å². The number of aromatic hydroxyl groups is 1. The van der Waals surface area contributed by atoms with Crippen LogP contribution in [0.3, 0.4) is 0 Å². The summed E-state index contributed by atoms with van der Waals surface area (Å²) in [4.78, 5) is 125. The Bertz CT molecular complexity index is 6400. The number of aliphatic carboxylic acids is 1. The Kier molecular flexibility index (Phi) is 52.4. The van der Waals surface area contributed by atoms with Crippen LogP contribution in [0.1, 0.15) is 117 Å². The predicted molar refractivity (Wildman–Crippen MR) is 525 cm³/mol. The SMILES string of the molecule is CCOC(=O)CCCBr.CCOC(=O)CCCOc1cccc(C)c1.COc1ccc(Cn2c(=O)c(CC(=O)CCCOc3cccc(OC(F)(F)F)c3)c(N)n(C)c2=O)cc1.COc1ccc(Cn2c(=O)c(N)c(N)n(C)c2=O)cc1.COc1ccc(Cn2c(=O)c3c(n(C)c2=O)N=C(CCCOc2cccc(OC(F)(F)F)c2)C3)cc1.Cc1cccc(OCCCC(=O)O)c1.Oc1cccc(OC(F)(F)F)c1.[Li+].[OH-]. The summed E-state index contributed by atoms with van der Waals surface area (Å²) in [6.45, 7) is 10.1. The number of carboxylic acid groups (broad SMARTS) is 1. The molecule has 0 aliphatic carbocycles. The minimum Gasteiger partial charge on any atom is -0.870 e. The predicted octanol–water partition coefficient (Wildman–Crippen LogP) is 12.6. The van der Waals surface area contributed by atoms with Gasteiger partial charge in [-0.15, -0.1) is 39.5 Å². The number of phenols is 1. The molecule has 0 amide bonds. The molecule has 0 fully saturated rings. The van der Waals surface area contributed by atoms with E-state index in [4.69, 9.17) is 65.3 Å². The van der Waals surface area contributed by atoms with E-state index in [1.165, 1.54) is 78.4 Å². The molecule has 35 nitrogen and oxygen atoms in total. The fourth-order valence-electron chi connectivity index (χ4n) is 13.0. The van der Waals surface area contributed by atoms with Crippen LogP contribution in [-0.4, -0.2) is 158 Å². The molecular weight excluding hydrogens is 2000 g/mol.